The van der Waals surface area contributed by atoms with Gasteiger partial charge in [0.05, 0.1) is 5.02 Å². The second-order valence-corrected chi connectivity index (χ2v) is 6.15. The molecule has 2 aromatic rings. The zero-order valence-electron chi connectivity index (χ0n) is 13.0. The molecule has 0 radical (unpaired) electrons. The van der Waals surface area contributed by atoms with Crippen molar-refractivity contribution in [2.45, 2.75) is 44.4 Å². The summed E-state index contributed by atoms with van der Waals surface area (Å²) in [6.45, 7) is 6.38. The maximum absolute atomic E-state index is 6.29. The minimum absolute atomic E-state index is 0.639. The highest BCUT2D eigenvalue weighted by molar-refractivity contribution is 7.80. The quantitative estimate of drug-likeness (QED) is 0.707. The van der Waals surface area contributed by atoms with Gasteiger partial charge in [0.1, 0.15) is 0 Å². The molecule has 7 heteroatoms. The first-order valence-electron chi connectivity index (χ1n) is 7.68. The summed E-state index contributed by atoms with van der Waals surface area (Å²) in [4.78, 5) is 3.09. The zero-order chi connectivity index (χ0) is 15.9. The van der Waals surface area contributed by atoms with Gasteiger partial charge < -0.3 is 4.90 Å². The monoisotopic (exact) mass is 339 g/mol. The number of nitrogens with one attached hydrogen (secondary N) is 1. The number of hydrogen-bond donors (Lipinski definition) is 2. The molecule has 1 N–H and O–H groups in total. The van der Waals surface area contributed by atoms with Crippen LogP contribution in [0.4, 0.5) is 5.69 Å². The maximum atomic E-state index is 6.29. The van der Waals surface area contributed by atoms with Crippen LogP contribution in [0.2, 0.25) is 5.02 Å². The van der Waals surface area contributed by atoms with Crippen LogP contribution in [0.25, 0.3) is 11.4 Å². The number of H-pyrrole nitrogens is 1. The predicted molar refractivity (Wildman–Crippen MR) is 93.9 cm³/mol. The smallest absolute Gasteiger partial charge is 0.181 e. The maximum Gasteiger partial charge on any atom is 0.181 e. The van der Waals surface area contributed by atoms with Crippen molar-refractivity contribution >= 4 is 29.9 Å². The first-order chi connectivity index (χ1) is 10.7. The third-order valence-electron chi connectivity index (χ3n) is 3.57. The van der Waals surface area contributed by atoms with Gasteiger partial charge in [-0.15, -0.1) is 17.7 Å². The molecule has 1 aromatic carbocycles. The molecule has 0 unspecified atom stereocenters. The summed E-state index contributed by atoms with van der Waals surface area (Å²) in [6, 6.07) is 3.89. The average molecular weight is 340 g/mol. The summed E-state index contributed by atoms with van der Waals surface area (Å²) in [5.74, 6) is 0.639. The summed E-state index contributed by atoms with van der Waals surface area (Å²) >= 11 is 10.7. The number of benzene rings is 1. The fraction of sp³-hybridized carbons (Fsp3) is 0.533. The van der Waals surface area contributed by atoms with Crippen LogP contribution in [0.1, 0.15) is 39.5 Å². The van der Waals surface area contributed by atoms with Crippen LogP contribution >= 0.6 is 24.2 Å². The average Bonchev–Trinajstić information content (AvgIpc) is 3.04. The molecule has 0 fully saturated rings. The van der Waals surface area contributed by atoms with Crippen LogP contribution in [0.3, 0.4) is 0 Å². The molecule has 0 spiro atoms. The number of aromatic amines is 1. The molecule has 0 bridgehead atoms. The van der Waals surface area contributed by atoms with Crippen molar-refractivity contribution in [2.24, 2.45) is 0 Å². The van der Waals surface area contributed by atoms with E-state index in [0.29, 0.717) is 10.8 Å². The Labute approximate surface area is 141 Å². The highest BCUT2D eigenvalue weighted by Gasteiger charge is 2.17. The predicted octanol–water partition coefficient (Wildman–Crippen LogP) is 4.22. The molecule has 0 aliphatic carbocycles. The van der Waals surface area contributed by atoms with E-state index >= 15 is 0 Å². The second-order valence-electron chi connectivity index (χ2n) is 5.26. The van der Waals surface area contributed by atoms with Crippen molar-refractivity contribution in [3.8, 4) is 11.4 Å². The van der Waals surface area contributed by atoms with E-state index in [1.54, 1.807) is 0 Å². The topological polar surface area (TPSA) is 57.7 Å². The third kappa shape index (κ3) is 4.14. The molecule has 0 saturated heterocycles. The largest absolute Gasteiger partial charge is 0.371 e. The molecule has 0 aliphatic rings. The van der Waals surface area contributed by atoms with Gasteiger partial charge in [-0.3, -0.25) is 0 Å². The molecular weight excluding hydrogens is 318 g/mol. The summed E-state index contributed by atoms with van der Waals surface area (Å²) in [7, 11) is 0. The van der Waals surface area contributed by atoms with E-state index in [4.69, 9.17) is 11.6 Å². The van der Waals surface area contributed by atoms with Crippen LogP contribution < -0.4 is 4.90 Å². The third-order valence-corrected chi connectivity index (χ3v) is 4.38. The van der Waals surface area contributed by atoms with E-state index in [1.807, 2.05) is 12.1 Å². The molecule has 0 amide bonds. The normalized spacial score (nSPS) is 10.9. The van der Waals surface area contributed by atoms with E-state index in [9.17, 15) is 0 Å². The minimum atomic E-state index is 0.639. The van der Waals surface area contributed by atoms with Crippen molar-refractivity contribution in [2.75, 3.05) is 18.0 Å². The molecule has 0 atom stereocenters. The Hall–Kier alpha value is -1.27. The van der Waals surface area contributed by atoms with Gasteiger partial charge in [-0.1, -0.05) is 38.3 Å². The zero-order valence-corrected chi connectivity index (χ0v) is 14.7. The Morgan fingerprint density at radius 1 is 1.18 bits per heavy atom. The van der Waals surface area contributed by atoms with Crippen molar-refractivity contribution in [1.82, 2.24) is 20.6 Å². The molecular formula is C15H22ClN5S. The lowest BCUT2D eigenvalue weighted by molar-refractivity contribution is 0.678. The van der Waals surface area contributed by atoms with Crippen LogP contribution in [0.15, 0.2) is 17.0 Å². The first-order valence-corrected chi connectivity index (χ1v) is 8.51. The van der Waals surface area contributed by atoms with E-state index in [-0.39, 0.29) is 0 Å². The number of aromatic nitrogens is 4. The van der Waals surface area contributed by atoms with E-state index in [2.05, 4.69) is 52.0 Å². The number of tetrazole rings is 1. The van der Waals surface area contributed by atoms with Crippen LogP contribution in [-0.4, -0.2) is 33.7 Å². The standard InChI is InChI=1S/C15H22ClN5S/c1-3-5-7-21(8-6-4-2)13-10-12(16)14(22)9-11(13)15-17-19-20-18-15/h9-10,22H,3-8H2,1-2H3,(H,17,18,19,20). The molecule has 1 heterocycles. The summed E-state index contributed by atoms with van der Waals surface area (Å²) in [5.41, 5.74) is 2.00. The highest BCUT2D eigenvalue weighted by atomic mass is 35.5. The minimum Gasteiger partial charge on any atom is -0.371 e. The van der Waals surface area contributed by atoms with Crippen LogP contribution in [-0.2, 0) is 0 Å². The Balaban J connectivity index is 2.42. The molecule has 22 heavy (non-hydrogen) atoms. The lowest BCUT2D eigenvalue weighted by Crippen LogP contribution is -2.26. The van der Waals surface area contributed by atoms with Crippen molar-refractivity contribution in [1.29, 1.82) is 0 Å². The lowest BCUT2D eigenvalue weighted by atomic mass is 10.1. The van der Waals surface area contributed by atoms with Gasteiger partial charge in [0.2, 0.25) is 0 Å². The molecule has 1 aromatic heterocycles. The Kier molecular flexibility index (Phi) is 6.51. The number of halogens is 1. The second kappa shape index (κ2) is 8.39. The first kappa shape index (κ1) is 17.1. The Morgan fingerprint density at radius 3 is 2.41 bits per heavy atom. The van der Waals surface area contributed by atoms with Gasteiger partial charge >= 0.3 is 0 Å². The number of anilines is 1. The number of hydrogen-bond acceptors (Lipinski definition) is 5. The molecule has 0 saturated carbocycles. The van der Waals surface area contributed by atoms with Gasteiger partial charge in [-0.05, 0) is 35.4 Å². The summed E-state index contributed by atoms with van der Waals surface area (Å²) in [5, 5.41) is 14.9. The van der Waals surface area contributed by atoms with Gasteiger partial charge in [0.15, 0.2) is 5.82 Å². The molecule has 120 valence electrons. The molecule has 2 rings (SSSR count). The number of nitrogens with zero attached hydrogens (tertiary/aromatic N) is 4. The highest BCUT2D eigenvalue weighted by Crippen LogP contribution is 2.35. The number of unbranched alkanes of at least 4 members (excludes halogenated alkanes) is 2. The van der Waals surface area contributed by atoms with Crippen LogP contribution in [0.5, 0.6) is 0 Å². The van der Waals surface area contributed by atoms with Crippen LogP contribution in [0, 0.1) is 0 Å². The molecule has 5 nitrogen and oxygen atoms in total. The summed E-state index contributed by atoms with van der Waals surface area (Å²) < 4.78 is 0. The molecule has 0 aliphatic heterocycles. The van der Waals surface area contributed by atoms with Crippen molar-refractivity contribution in [3.05, 3.63) is 17.2 Å². The summed E-state index contributed by atoms with van der Waals surface area (Å²) in [6.07, 6.45) is 4.58. The van der Waals surface area contributed by atoms with E-state index < -0.39 is 0 Å². The van der Waals surface area contributed by atoms with Gasteiger partial charge in [-0.25, -0.2) is 5.10 Å². The lowest BCUT2D eigenvalue weighted by Gasteiger charge is -2.27. The van der Waals surface area contributed by atoms with Gasteiger partial charge in [0.25, 0.3) is 0 Å². The van der Waals surface area contributed by atoms with Gasteiger partial charge in [0, 0.05) is 29.2 Å². The van der Waals surface area contributed by atoms with E-state index in [1.165, 1.54) is 0 Å². The SMILES string of the molecule is CCCCN(CCCC)c1cc(Cl)c(S)cc1-c1nnn[nH]1. The Morgan fingerprint density at radius 2 is 1.86 bits per heavy atom. The van der Waals surface area contributed by atoms with Crippen molar-refractivity contribution in [3.63, 3.8) is 0 Å². The van der Waals surface area contributed by atoms with Crippen molar-refractivity contribution < 1.29 is 0 Å². The Bertz CT molecular complexity index is 580. The fourth-order valence-corrected chi connectivity index (χ4v) is 2.68. The van der Waals surface area contributed by atoms with E-state index in [0.717, 1.165) is 54.9 Å². The number of thiol groups is 1. The van der Waals surface area contributed by atoms with Gasteiger partial charge in [-0.2, -0.15) is 0 Å². The fourth-order valence-electron chi connectivity index (χ4n) is 2.33. The number of rotatable bonds is 8.